The second-order valence-corrected chi connectivity index (χ2v) is 4.34. The normalized spacial score (nSPS) is 13.3. The summed E-state index contributed by atoms with van der Waals surface area (Å²) in [5.41, 5.74) is 0. The van der Waals surface area contributed by atoms with Gasteiger partial charge in [0.15, 0.2) is 0 Å². The van der Waals surface area contributed by atoms with Crippen LogP contribution in [0.15, 0.2) is 0 Å². The highest BCUT2D eigenvalue weighted by molar-refractivity contribution is 7.15. The Morgan fingerprint density at radius 3 is 2.54 bits per heavy atom. The van der Waals surface area contributed by atoms with Gasteiger partial charge < -0.3 is 10.4 Å². The first-order chi connectivity index (χ1) is 6.13. The molecule has 74 valence electrons. The number of hydrogen-bond acceptors (Lipinski definition) is 5. The van der Waals surface area contributed by atoms with E-state index in [0.29, 0.717) is 5.92 Å². The van der Waals surface area contributed by atoms with Gasteiger partial charge in [-0.05, 0) is 6.92 Å². The molecule has 4 nitrogen and oxygen atoms in total. The maximum Gasteiger partial charge on any atom is 0.205 e. The van der Waals surface area contributed by atoms with Crippen molar-refractivity contribution >= 4 is 16.5 Å². The highest BCUT2D eigenvalue weighted by Gasteiger charge is 2.08. The Kier molecular flexibility index (Phi) is 3.62. The predicted molar refractivity (Wildman–Crippen MR) is 54.2 cm³/mol. The highest BCUT2D eigenvalue weighted by Crippen LogP contribution is 2.22. The zero-order valence-electron chi connectivity index (χ0n) is 8.11. The molecule has 0 saturated carbocycles. The summed E-state index contributed by atoms with van der Waals surface area (Å²) in [6.07, 6.45) is 0. The van der Waals surface area contributed by atoms with Crippen molar-refractivity contribution in [2.45, 2.75) is 32.7 Å². The monoisotopic (exact) mass is 201 g/mol. The smallest absolute Gasteiger partial charge is 0.205 e. The summed E-state index contributed by atoms with van der Waals surface area (Å²) < 4.78 is 0. The maximum absolute atomic E-state index is 8.81. The lowest BCUT2D eigenvalue weighted by atomic mass is 10.2. The van der Waals surface area contributed by atoms with Crippen LogP contribution in [0.1, 0.15) is 31.7 Å². The van der Waals surface area contributed by atoms with E-state index < -0.39 is 0 Å². The summed E-state index contributed by atoms with van der Waals surface area (Å²) in [4.78, 5) is 0. The number of hydrogen-bond donors (Lipinski definition) is 2. The van der Waals surface area contributed by atoms with Crippen LogP contribution >= 0.6 is 11.3 Å². The highest BCUT2D eigenvalue weighted by atomic mass is 32.1. The van der Waals surface area contributed by atoms with Gasteiger partial charge in [0.2, 0.25) is 5.13 Å². The Morgan fingerprint density at radius 1 is 1.38 bits per heavy atom. The molecule has 0 saturated heterocycles. The van der Waals surface area contributed by atoms with Gasteiger partial charge in [-0.25, -0.2) is 0 Å². The van der Waals surface area contributed by atoms with E-state index in [2.05, 4.69) is 29.4 Å². The average molecular weight is 201 g/mol. The number of nitrogens with one attached hydrogen (secondary N) is 1. The quantitative estimate of drug-likeness (QED) is 0.774. The van der Waals surface area contributed by atoms with Gasteiger partial charge in [-0.15, -0.1) is 10.2 Å². The molecule has 0 bridgehead atoms. The predicted octanol–water partition coefficient (Wildman–Crippen LogP) is 1.45. The molecule has 0 fully saturated rings. The van der Waals surface area contributed by atoms with Crippen LogP contribution in [0, 0.1) is 0 Å². The molecule has 0 amide bonds. The summed E-state index contributed by atoms with van der Waals surface area (Å²) in [6, 6.07) is 0.0352. The standard InChI is InChI=1S/C8H15N3OS/c1-5(2)7-10-11-8(13-7)9-6(3)4-12/h5-6,12H,4H2,1-3H3,(H,9,11). The van der Waals surface area contributed by atoms with Gasteiger partial charge in [0.1, 0.15) is 5.01 Å². The van der Waals surface area contributed by atoms with E-state index in [1.807, 2.05) is 6.92 Å². The molecule has 0 aliphatic rings. The fraction of sp³-hybridized carbons (Fsp3) is 0.750. The van der Waals surface area contributed by atoms with Crippen molar-refractivity contribution in [3.8, 4) is 0 Å². The minimum Gasteiger partial charge on any atom is -0.394 e. The van der Waals surface area contributed by atoms with Gasteiger partial charge in [-0.3, -0.25) is 0 Å². The van der Waals surface area contributed by atoms with Crippen LogP contribution in [0.2, 0.25) is 0 Å². The molecule has 5 heteroatoms. The maximum atomic E-state index is 8.81. The molecule has 0 aromatic carbocycles. The SMILES string of the molecule is CC(CO)Nc1nnc(C(C)C)s1. The minimum atomic E-state index is 0.0352. The van der Waals surface area contributed by atoms with Crippen LogP contribution in [0.4, 0.5) is 5.13 Å². The number of anilines is 1. The van der Waals surface area contributed by atoms with Crippen molar-refractivity contribution in [1.29, 1.82) is 0 Å². The van der Waals surface area contributed by atoms with Crippen LogP contribution in [0.5, 0.6) is 0 Å². The summed E-state index contributed by atoms with van der Waals surface area (Å²) in [7, 11) is 0. The van der Waals surface area contributed by atoms with Crippen LogP contribution in [0.3, 0.4) is 0 Å². The van der Waals surface area contributed by atoms with Crippen molar-refractivity contribution in [3.05, 3.63) is 5.01 Å². The van der Waals surface area contributed by atoms with Gasteiger partial charge in [-0.2, -0.15) is 0 Å². The largest absolute Gasteiger partial charge is 0.394 e. The number of rotatable bonds is 4. The van der Waals surface area contributed by atoms with Crippen LogP contribution < -0.4 is 5.32 Å². The third kappa shape index (κ3) is 2.93. The fourth-order valence-electron chi connectivity index (χ4n) is 0.783. The summed E-state index contributed by atoms with van der Waals surface area (Å²) in [6.45, 7) is 6.17. The average Bonchev–Trinajstić information content (AvgIpc) is 2.52. The summed E-state index contributed by atoms with van der Waals surface area (Å²) >= 11 is 1.54. The Balaban J connectivity index is 2.58. The lowest BCUT2D eigenvalue weighted by Crippen LogP contribution is -2.18. The van der Waals surface area contributed by atoms with Crippen LogP contribution in [-0.4, -0.2) is 28.0 Å². The van der Waals surface area contributed by atoms with Gasteiger partial charge >= 0.3 is 0 Å². The third-order valence-corrected chi connectivity index (χ3v) is 2.73. The molecule has 0 aliphatic heterocycles. The lowest BCUT2D eigenvalue weighted by Gasteiger charge is -2.07. The zero-order chi connectivity index (χ0) is 9.84. The second kappa shape index (κ2) is 4.53. The number of nitrogens with zero attached hydrogens (tertiary/aromatic N) is 2. The van der Waals surface area contributed by atoms with Gasteiger partial charge in [0.25, 0.3) is 0 Å². The van der Waals surface area contributed by atoms with E-state index >= 15 is 0 Å². The summed E-state index contributed by atoms with van der Waals surface area (Å²) in [5.74, 6) is 0.414. The summed E-state index contributed by atoms with van der Waals surface area (Å²) in [5, 5.41) is 21.7. The van der Waals surface area contributed by atoms with E-state index in [1.54, 1.807) is 11.3 Å². The number of aromatic nitrogens is 2. The molecule has 2 N–H and O–H groups in total. The third-order valence-electron chi connectivity index (χ3n) is 1.58. The van der Waals surface area contributed by atoms with Crippen molar-refractivity contribution in [2.75, 3.05) is 11.9 Å². The Hall–Kier alpha value is -0.680. The van der Waals surface area contributed by atoms with E-state index in [1.165, 1.54) is 0 Å². The molecule has 0 aliphatic carbocycles. The van der Waals surface area contributed by atoms with E-state index in [4.69, 9.17) is 5.11 Å². The minimum absolute atomic E-state index is 0.0352. The fourth-order valence-corrected chi connectivity index (χ4v) is 1.64. The molecular weight excluding hydrogens is 186 g/mol. The van der Waals surface area contributed by atoms with E-state index in [9.17, 15) is 0 Å². The molecular formula is C8H15N3OS. The Labute approximate surface area is 82.0 Å². The zero-order valence-corrected chi connectivity index (χ0v) is 8.93. The van der Waals surface area contributed by atoms with Gasteiger partial charge in [0.05, 0.1) is 6.61 Å². The molecule has 1 heterocycles. The first kappa shape index (κ1) is 10.4. The molecule has 0 spiro atoms. The topological polar surface area (TPSA) is 58.0 Å². The first-order valence-corrected chi connectivity index (χ1v) is 5.16. The van der Waals surface area contributed by atoms with E-state index in [-0.39, 0.29) is 12.6 Å². The molecule has 1 aromatic rings. The molecule has 13 heavy (non-hydrogen) atoms. The van der Waals surface area contributed by atoms with Crippen molar-refractivity contribution in [3.63, 3.8) is 0 Å². The molecule has 0 radical (unpaired) electrons. The number of aliphatic hydroxyl groups excluding tert-OH is 1. The van der Waals surface area contributed by atoms with E-state index in [0.717, 1.165) is 10.1 Å². The molecule has 1 unspecified atom stereocenters. The number of aliphatic hydroxyl groups is 1. The Bertz CT molecular complexity index is 262. The van der Waals surface area contributed by atoms with Gasteiger partial charge in [-0.1, -0.05) is 25.2 Å². The molecule has 1 atom stereocenters. The second-order valence-electron chi connectivity index (χ2n) is 3.33. The molecule has 1 aromatic heterocycles. The molecule has 1 rings (SSSR count). The lowest BCUT2D eigenvalue weighted by molar-refractivity contribution is 0.281. The van der Waals surface area contributed by atoms with Crippen LogP contribution in [0.25, 0.3) is 0 Å². The first-order valence-electron chi connectivity index (χ1n) is 4.34. The van der Waals surface area contributed by atoms with Crippen LogP contribution in [-0.2, 0) is 0 Å². The van der Waals surface area contributed by atoms with Crippen molar-refractivity contribution < 1.29 is 5.11 Å². The van der Waals surface area contributed by atoms with Crippen molar-refractivity contribution in [1.82, 2.24) is 10.2 Å². The van der Waals surface area contributed by atoms with Crippen molar-refractivity contribution in [2.24, 2.45) is 0 Å². The Morgan fingerprint density at radius 2 is 2.08 bits per heavy atom. The van der Waals surface area contributed by atoms with Gasteiger partial charge in [0, 0.05) is 12.0 Å².